The molecule has 5 nitrogen and oxygen atoms in total. The molecule has 0 aliphatic heterocycles. The normalized spacial score (nSPS) is 12.8. The number of rotatable bonds is 2. The van der Waals surface area contributed by atoms with E-state index in [1.165, 1.54) is 0 Å². The summed E-state index contributed by atoms with van der Waals surface area (Å²) in [5.74, 6) is -1.02. The van der Waals surface area contributed by atoms with Crippen LogP contribution in [0.3, 0.4) is 0 Å². The van der Waals surface area contributed by atoms with Crippen LogP contribution in [-0.2, 0) is 4.79 Å². The van der Waals surface area contributed by atoms with Gasteiger partial charge in [-0.1, -0.05) is 0 Å². The number of amides is 1. The van der Waals surface area contributed by atoms with Gasteiger partial charge in [0, 0.05) is 5.18 Å². The minimum absolute atomic E-state index is 0.537. The molecule has 5 heteroatoms. The van der Waals surface area contributed by atoms with Crippen molar-refractivity contribution in [3.8, 4) is 0 Å². The molecule has 0 spiro atoms. The number of nitrogens with zero attached hydrogens (tertiary/aromatic N) is 1. The zero-order valence-corrected chi connectivity index (χ0v) is 4.07. The van der Waals surface area contributed by atoms with Crippen LogP contribution in [0.25, 0.3) is 0 Å². The van der Waals surface area contributed by atoms with E-state index in [4.69, 9.17) is 10.8 Å². The molecule has 0 aliphatic rings. The van der Waals surface area contributed by atoms with E-state index in [2.05, 4.69) is 0 Å². The third-order valence-corrected chi connectivity index (χ3v) is 0.604. The predicted molar refractivity (Wildman–Crippen MR) is 25.9 cm³/mol. The Kier molecular flexibility index (Phi) is 2.90. The van der Waals surface area contributed by atoms with Crippen LogP contribution in [-0.4, -0.2) is 23.7 Å². The fourth-order valence-corrected chi connectivity index (χ4v) is 0.146. The number of carbonyl (C=O) groups is 1. The average molecular weight is 118 g/mol. The highest BCUT2D eigenvalue weighted by molar-refractivity contribution is 5.82. The topological polar surface area (TPSA) is 92.8 Å². The smallest absolute Gasteiger partial charge is 0.305 e. The van der Waals surface area contributed by atoms with Crippen LogP contribution in [0.4, 0.5) is 0 Å². The molecule has 0 aromatic carbocycles. The maximum absolute atomic E-state index is 9.98. The molecule has 0 aromatic rings. The lowest BCUT2D eigenvalue weighted by atomic mass is 10.3. The van der Waals surface area contributed by atoms with Gasteiger partial charge in [0.2, 0.25) is 0 Å². The Balaban J connectivity index is 3.62. The monoisotopic (exact) mass is 118 g/mol. The molecule has 1 atom stereocenters. The zero-order chi connectivity index (χ0) is 6.57. The number of aliphatic hydroxyl groups excluding tert-OH is 1. The first-order valence-electron chi connectivity index (χ1n) is 1.96. The summed E-state index contributed by atoms with van der Waals surface area (Å²) in [5.41, 5.74) is 4.83. The molecule has 0 bridgehead atoms. The van der Waals surface area contributed by atoms with Gasteiger partial charge in [-0.05, 0) is 0 Å². The van der Waals surface area contributed by atoms with Gasteiger partial charge >= 0.3 is 5.91 Å². The van der Waals surface area contributed by atoms with E-state index >= 15 is 0 Å². The first kappa shape index (κ1) is 7.19. The molecule has 0 radical (unpaired) electrons. The number of hydrogen-bond donors (Lipinski definition) is 2. The highest BCUT2D eigenvalue weighted by Gasteiger charge is 2.10. The van der Waals surface area contributed by atoms with Crippen LogP contribution < -0.4 is 5.73 Å². The van der Waals surface area contributed by atoms with Gasteiger partial charge in [-0.2, -0.15) is 0 Å². The van der Waals surface area contributed by atoms with E-state index in [-0.39, 0.29) is 0 Å². The van der Waals surface area contributed by atoms with Gasteiger partial charge in [-0.3, -0.25) is 4.79 Å². The Hall–Kier alpha value is -0.810. The largest absolute Gasteiger partial charge is 0.394 e. The summed E-state index contributed by atoms with van der Waals surface area (Å²) in [7, 11) is 0. The summed E-state index contributed by atoms with van der Waals surface area (Å²) in [6.07, 6.45) is 0. The van der Waals surface area contributed by atoms with E-state index in [1.807, 2.05) is 5.18 Å². The van der Waals surface area contributed by atoms with Crippen molar-refractivity contribution >= 4 is 5.91 Å². The summed E-state index contributed by atoms with van der Waals surface area (Å²) in [6, 6.07) is -1.15. The van der Waals surface area contributed by atoms with Crippen molar-refractivity contribution in [3.05, 3.63) is 4.91 Å². The molecule has 0 aromatic heterocycles. The van der Waals surface area contributed by atoms with Crippen molar-refractivity contribution in [2.45, 2.75) is 6.04 Å². The molecular weight excluding hydrogens is 112 g/mol. The molecule has 0 fully saturated rings. The molecule has 0 heterocycles. The number of hydrogen-bond acceptors (Lipinski definition) is 4. The second-order valence-corrected chi connectivity index (χ2v) is 1.22. The molecule has 0 aliphatic carbocycles. The molecule has 0 unspecified atom stereocenters. The van der Waals surface area contributed by atoms with Crippen LogP contribution in [0, 0.1) is 4.91 Å². The standard InChI is InChI=1S/C3H6N2O3/c4-2(1-6)3(7)5-8/h2,6H,1,4H2/t2-/m0/s1. The van der Waals surface area contributed by atoms with E-state index in [0.717, 1.165) is 0 Å². The van der Waals surface area contributed by atoms with Crippen LogP contribution >= 0.6 is 0 Å². The Morgan fingerprint density at radius 1 is 1.88 bits per heavy atom. The van der Waals surface area contributed by atoms with Gasteiger partial charge in [-0.15, -0.1) is 4.91 Å². The predicted octanol–water partition coefficient (Wildman–Crippen LogP) is -1.40. The van der Waals surface area contributed by atoms with Crippen molar-refractivity contribution in [1.82, 2.24) is 0 Å². The molecule has 0 rings (SSSR count). The molecule has 0 saturated carbocycles. The Morgan fingerprint density at radius 2 is 2.38 bits per heavy atom. The number of nitroso groups, excluding NO2 is 1. The second kappa shape index (κ2) is 3.23. The molecule has 1 amide bonds. The maximum Gasteiger partial charge on any atom is 0.305 e. The van der Waals surface area contributed by atoms with Gasteiger partial charge in [-0.25, -0.2) is 0 Å². The van der Waals surface area contributed by atoms with Crippen LogP contribution in [0.2, 0.25) is 0 Å². The lowest BCUT2D eigenvalue weighted by Crippen LogP contribution is -2.32. The van der Waals surface area contributed by atoms with E-state index in [0.29, 0.717) is 0 Å². The van der Waals surface area contributed by atoms with E-state index in [1.54, 1.807) is 0 Å². The summed E-state index contributed by atoms with van der Waals surface area (Å²) in [5, 5.41) is 10.1. The third kappa shape index (κ3) is 1.76. The highest BCUT2D eigenvalue weighted by Crippen LogP contribution is 1.78. The third-order valence-electron chi connectivity index (χ3n) is 0.604. The quantitative estimate of drug-likeness (QED) is 0.436. The van der Waals surface area contributed by atoms with Gasteiger partial charge in [0.1, 0.15) is 6.04 Å². The van der Waals surface area contributed by atoms with Crippen molar-refractivity contribution in [2.75, 3.05) is 6.61 Å². The molecule has 46 valence electrons. The molecule has 0 saturated heterocycles. The zero-order valence-electron chi connectivity index (χ0n) is 4.07. The Morgan fingerprint density at radius 3 is 2.50 bits per heavy atom. The second-order valence-electron chi connectivity index (χ2n) is 1.22. The van der Waals surface area contributed by atoms with Gasteiger partial charge in [0.15, 0.2) is 0 Å². The number of aliphatic hydroxyl groups is 1. The van der Waals surface area contributed by atoms with Gasteiger partial charge in [0.25, 0.3) is 0 Å². The first-order valence-corrected chi connectivity index (χ1v) is 1.96. The van der Waals surface area contributed by atoms with Crippen molar-refractivity contribution in [3.63, 3.8) is 0 Å². The van der Waals surface area contributed by atoms with Crippen molar-refractivity contribution < 1.29 is 9.90 Å². The number of nitrogens with two attached hydrogens (primary N) is 1. The Labute approximate surface area is 45.5 Å². The van der Waals surface area contributed by atoms with Gasteiger partial charge < -0.3 is 10.8 Å². The maximum atomic E-state index is 9.98. The summed E-state index contributed by atoms with van der Waals surface area (Å²) >= 11 is 0. The fraction of sp³-hybridized carbons (Fsp3) is 0.667. The summed E-state index contributed by atoms with van der Waals surface area (Å²) in [6.45, 7) is -0.537. The lowest BCUT2D eigenvalue weighted by molar-refractivity contribution is -0.119. The number of carbonyl (C=O) groups excluding carboxylic acids is 1. The fourth-order valence-electron chi connectivity index (χ4n) is 0.146. The molecular formula is C3H6N2O3. The van der Waals surface area contributed by atoms with E-state index in [9.17, 15) is 9.70 Å². The summed E-state index contributed by atoms with van der Waals surface area (Å²) < 4.78 is 0. The lowest BCUT2D eigenvalue weighted by Gasteiger charge is -1.95. The van der Waals surface area contributed by atoms with Crippen LogP contribution in [0.15, 0.2) is 5.18 Å². The van der Waals surface area contributed by atoms with Crippen molar-refractivity contribution in [1.29, 1.82) is 0 Å². The Bertz CT molecular complexity index is 103. The van der Waals surface area contributed by atoms with Crippen LogP contribution in [0.5, 0.6) is 0 Å². The van der Waals surface area contributed by atoms with Crippen molar-refractivity contribution in [2.24, 2.45) is 10.9 Å². The van der Waals surface area contributed by atoms with Gasteiger partial charge in [0.05, 0.1) is 6.61 Å². The minimum Gasteiger partial charge on any atom is -0.394 e. The SMILES string of the molecule is N[C@@H](CO)C(=O)N=O. The molecule has 8 heavy (non-hydrogen) atoms. The van der Waals surface area contributed by atoms with Crippen LogP contribution in [0.1, 0.15) is 0 Å². The molecule has 3 N–H and O–H groups in total. The summed E-state index contributed by atoms with van der Waals surface area (Å²) in [4.78, 5) is 19.3. The minimum atomic E-state index is -1.15. The highest BCUT2D eigenvalue weighted by atomic mass is 16.3. The average Bonchev–Trinajstić information content (AvgIpc) is 1.84. The van der Waals surface area contributed by atoms with E-state index < -0.39 is 18.6 Å². The first-order chi connectivity index (χ1) is 3.72.